The highest BCUT2D eigenvalue weighted by Crippen LogP contribution is 2.16. The molecule has 0 saturated carbocycles. The Kier molecular flexibility index (Phi) is 44.3. The largest absolute Gasteiger partial charge is 0.394 e. The van der Waals surface area contributed by atoms with Crippen molar-refractivity contribution in [3.05, 3.63) is 24.3 Å². The Bertz CT molecular complexity index is 765. The van der Waals surface area contributed by atoms with Crippen LogP contribution in [0.15, 0.2) is 24.3 Å². The molecule has 314 valence electrons. The molecule has 0 aliphatic heterocycles. The highest BCUT2D eigenvalue weighted by atomic mass is 16.3. The number of carbonyl (C=O) groups is 1. The highest BCUT2D eigenvalue weighted by molar-refractivity contribution is 5.76. The van der Waals surface area contributed by atoms with Crippen LogP contribution in [-0.4, -0.2) is 34.9 Å². The average Bonchev–Trinajstić information content (AvgIpc) is 3.16. The molecule has 3 N–H and O–H groups in total. The van der Waals surface area contributed by atoms with Gasteiger partial charge in [0.1, 0.15) is 0 Å². The molecule has 0 aromatic rings. The SMILES string of the molecule is CCCCCC/C=C/C(O)C(CO)NC(=O)CCCCCCCCCCCCCCCCCCCCCCCCC/C=C\CCCCCCCCCC. The maximum absolute atomic E-state index is 12.3. The third kappa shape index (κ3) is 41.9. The van der Waals surface area contributed by atoms with Gasteiger partial charge in [-0.2, -0.15) is 0 Å². The van der Waals surface area contributed by atoms with E-state index in [1.165, 1.54) is 218 Å². The maximum Gasteiger partial charge on any atom is 0.220 e. The molecule has 0 aromatic heterocycles. The lowest BCUT2D eigenvalue weighted by atomic mass is 10.0. The first kappa shape index (κ1) is 51.9. The van der Waals surface area contributed by atoms with Crippen LogP contribution in [0.25, 0.3) is 0 Å². The minimum absolute atomic E-state index is 0.0657. The lowest BCUT2D eigenvalue weighted by molar-refractivity contribution is -0.123. The quantitative estimate of drug-likeness (QED) is 0.0430. The van der Waals surface area contributed by atoms with Crippen LogP contribution in [0.3, 0.4) is 0 Å². The number of amides is 1. The van der Waals surface area contributed by atoms with Crippen molar-refractivity contribution in [2.24, 2.45) is 0 Å². The van der Waals surface area contributed by atoms with Crippen LogP contribution in [0.5, 0.6) is 0 Å². The second-order valence-corrected chi connectivity index (χ2v) is 16.5. The van der Waals surface area contributed by atoms with Gasteiger partial charge in [0.05, 0.1) is 18.8 Å². The zero-order chi connectivity index (χ0) is 38.6. The zero-order valence-corrected chi connectivity index (χ0v) is 36.1. The summed E-state index contributed by atoms with van der Waals surface area (Å²) in [6, 6.07) is -0.615. The van der Waals surface area contributed by atoms with Gasteiger partial charge < -0.3 is 15.5 Å². The molecule has 0 aliphatic rings. The Morgan fingerprint density at radius 3 is 1.06 bits per heavy atom. The summed E-state index contributed by atoms with van der Waals surface area (Å²) in [6.45, 7) is 4.25. The summed E-state index contributed by atoms with van der Waals surface area (Å²) in [7, 11) is 0. The molecule has 2 atom stereocenters. The number of nitrogens with one attached hydrogen (secondary N) is 1. The fourth-order valence-corrected chi connectivity index (χ4v) is 7.47. The average molecular weight is 746 g/mol. The van der Waals surface area contributed by atoms with E-state index in [9.17, 15) is 15.0 Å². The van der Waals surface area contributed by atoms with Crippen LogP contribution in [-0.2, 0) is 4.79 Å². The molecule has 53 heavy (non-hydrogen) atoms. The van der Waals surface area contributed by atoms with Gasteiger partial charge >= 0.3 is 0 Å². The Balaban J connectivity index is 3.31. The van der Waals surface area contributed by atoms with Gasteiger partial charge in [0, 0.05) is 6.42 Å². The fraction of sp³-hybridized carbons (Fsp3) is 0.898. The summed E-state index contributed by atoms with van der Waals surface area (Å²) < 4.78 is 0. The molecule has 1 amide bonds. The zero-order valence-electron chi connectivity index (χ0n) is 36.1. The topological polar surface area (TPSA) is 69.6 Å². The van der Waals surface area contributed by atoms with Gasteiger partial charge in [0.25, 0.3) is 0 Å². The summed E-state index contributed by atoms with van der Waals surface area (Å²) in [5.74, 6) is -0.0657. The summed E-state index contributed by atoms with van der Waals surface area (Å²) in [6.07, 6.45) is 59.3. The summed E-state index contributed by atoms with van der Waals surface area (Å²) >= 11 is 0. The van der Waals surface area contributed by atoms with Crippen LogP contribution < -0.4 is 5.32 Å². The molecule has 0 aliphatic carbocycles. The number of rotatable bonds is 44. The van der Waals surface area contributed by atoms with Gasteiger partial charge in [0.2, 0.25) is 5.91 Å². The first-order chi connectivity index (χ1) is 26.2. The van der Waals surface area contributed by atoms with Gasteiger partial charge in [-0.05, 0) is 44.9 Å². The second kappa shape index (κ2) is 45.3. The number of aliphatic hydroxyl groups is 2. The number of allylic oxidation sites excluding steroid dienone is 3. The van der Waals surface area contributed by atoms with Gasteiger partial charge in [-0.25, -0.2) is 0 Å². The Hall–Kier alpha value is -1.13. The van der Waals surface area contributed by atoms with Gasteiger partial charge in [-0.1, -0.05) is 237 Å². The first-order valence-electron chi connectivity index (χ1n) is 24.1. The Morgan fingerprint density at radius 2 is 0.717 bits per heavy atom. The Labute approximate surface area is 332 Å². The minimum atomic E-state index is -0.832. The fourth-order valence-electron chi connectivity index (χ4n) is 7.47. The van der Waals surface area contributed by atoms with Gasteiger partial charge in [0.15, 0.2) is 0 Å². The number of hydrogen-bond donors (Lipinski definition) is 3. The molecular formula is C49H95NO3. The standard InChI is InChI=1S/C49H95NO3/c1-3-5-7-9-11-12-13-14-15-16-17-18-19-20-21-22-23-24-25-26-27-28-29-30-31-32-33-34-35-36-37-38-39-41-43-45-49(53)50-47(46-51)48(52)44-42-40-10-8-6-4-2/h16-17,42,44,47-48,51-52H,3-15,18-41,43,45-46H2,1-2H3,(H,50,53)/b17-16-,44-42+. The normalized spacial score (nSPS) is 13.1. The molecule has 0 radical (unpaired) electrons. The third-order valence-electron chi connectivity index (χ3n) is 11.2. The smallest absolute Gasteiger partial charge is 0.220 e. The maximum atomic E-state index is 12.3. The van der Waals surface area contributed by atoms with Crippen LogP contribution in [0.4, 0.5) is 0 Å². The monoisotopic (exact) mass is 746 g/mol. The predicted octanol–water partition coefficient (Wildman–Crippen LogP) is 15.2. The van der Waals surface area contributed by atoms with E-state index in [1.54, 1.807) is 6.08 Å². The van der Waals surface area contributed by atoms with Crippen molar-refractivity contribution in [1.29, 1.82) is 0 Å². The van der Waals surface area contributed by atoms with E-state index in [2.05, 4.69) is 31.3 Å². The van der Waals surface area contributed by atoms with Crippen molar-refractivity contribution >= 4 is 5.91 Å². The minimum Gasteiger partial charge on any atom is -0.394 e. The molecule has 0 fully saturated rings. The molecule has 2 unspecified atom stereocenters. The van der Waals surface area contributed by atoms with Crippen LogP contribution in [0.2, 0.25) is 0 Å². The van der Waals surface area contributed by atoms with E-state index >= 15 is 0 Å². The lowest BCUT2D eigenvalue weighted by Gasteiger charge is -2.20. The highest BCUT2D eigenvalue weighted by Gasteiger charge is 2.17. The van der Waals surface area contributed by atoms with E-state index < -0.39 is 12.1 Å². The molecule has 0 rings (SSSR count). The van der Waals surface area contributed by atoms with Crippen molar-refractivity contribution in [3.63, 3.8) is 0 Å². The van der Waals surface area contributed by atoms with Crippen LogP contribution >= 0.6 is 0 Å². The van der Waals surface area contributed by atoms with Crippen molar-refractivity contribution < 1.29 is 15.0 Å². The van der Waals surface area contributed by atoms with Gasteiger partial charge in [-0.15, -0.1) is 0 Å². The molecule has 0 spiro atoms. The summed E-state index contributed by atoms with van der Waals surface area (Å²) in [4.78, 5) is 12.3. The van der Waals surface area contributed by atoms with Gasteiger partial charge in [-0.3, -0.25) is 4.79 Å². The van der Waals surface area contributed by atoms with Crippen LogP contribution in [0, 0.1) is 0 Å². The molecule has 4 heteroatoms. The number of aliphatic hydroxyl groups excluding tert-OH is 2. The summed E-state index contributed by atoms with van der Waals surface area (Å²) in [5, 5.41) is 22.7. The van der Waals surface area contributed by atoms with E-state index in [1.807, 2.05) is 6.08 Å². The Morgan fingerprint density at radius 1 is 0.434 bits per heavy atom. The van der Waals surface area contributed by atoms with Crippen molar-refractivity contribution in [2.45, 2.75) is 276 Å². The molecule has 4 nitrogen and oxygen atoms in total. The molecule has 0 heterocycles. The van der Waals surface area contributed by atoms with Crippen molar-refractivity contribution in [1.82, 2.24) is 5.32 Å². The van der Waals surface area contributed by atoms with E-state index in [0.717, 1.165) is 25.7 Å². The molecule has 0 bridgehead atoms. The molecule has 0 saturated heterocycles. The van der Waals surface area contributed by atoms with E-state index in [-0.39, 0.29) is 12.5 Å². The number of hydrogen-bond acceptors (Lipinski definition) is 3. The number of carbonyl (C=O) groups excluding carboxylic acids is 1. The predicted molar refractivity (Wildman–Crippen MR) is 235 cm³/mol. The van der Waals surface area contributed by atoms with E-state index in [4.69, 9.17) is 0 Å². The lowest BCUT2D eigenvalue weighted by Crippen LogP contribution is -2.45. The third-order valence-corrected chi connectivity index (χ3v) is 11.2. The summed E-state index contributed by atoms with van der Waals surface area (Å²) in [5.41, 5.74) is 0. The number of unbranched alkanes of at least 4 members (excludes halogenated alkanes) is 35. The first-order valence-corrected chi connectivity index (χ1v) is 24.1. The van der Waals surface area contributed by atoms with E-state index in [0.29, 0.717) is 6.42 Å². The van der Waals surface area contributed by atoms with Crippen LogP contribution in [0.1, 0.15) is 264 Å². The molecular weight excluding hydrogens is 651 g/mol. The van der Waals surface area contributed by atoms with Crippen molar-refractivity contribution in [3.8, 4) is 0 Å². The second-order valence-electron chi connectivity index (χ2n) is 16.5. The molecule has 0 aromatic carbocycles. The van der Waals surface area contributed by atoms with Crippen molar-refractivity contribution in [2.75, 3.05) is 6.61 Å².